The van der Waals surface area contributed by atoms with Gasteiger partial charge in [-0.3, -0.25) is 4.79 Å². The molecule has 3 aromatic rings. The number of nitrogens with one attached hydrogen (secondary N) is 1. The van der Waals surface area contributed by atoms with Crippen molar-refractivity contribution in [1.29, 1.82) is 0 Å². The number of thiazole rings is 2. The molecule has 1 N–H and O–H groups in total. The molecule has 0 aliphatic rings. The van der Waals surface area contributed by atoms with E-state index < -0.39 is 0 Å². The highest BCUT2D eigenvalue weighted by molar-refractivity contribution is 7.15. The molecular weight excluding hydrogens is 294 g/mol. The summed E-state index contributed by atoms with van der Waals surface area (Å²) in [5.74, 6) is 0.604. The minimum absolute atomic E-state index is 0.115. The van der Waals surface area contributed by atoms with Gasteiger partial charge in [-0.1, -0.05) is 0 Å². The van der Waals surface area contributed by atoms with Crippen LogP contribution in [0.3, 0.4) is 0 Å². The molecule has 3 rings (SSSR count). The Kier molecular flexibility index (Phi) is 3.62. The topological polar surface area (TPSA) is 68.0 Å². The number of rotatable bonds is 4. The Bertz CT molecular complexity index is 716. The van der Waals surface area contributed by atoms with E-state index in [0.717, 1.165) is 21.3 Å². The zero-order chi connectivity index (χ0) is 13.9. The largest absolute Gasteiger partial charge is 0.462 e. The van der Waals surface area contributed by atoms with Gasteiger partial charge in [0.05, 0.1) is 18.4 Å². The van der Waals surface area contributed by atoms with Gasteiger partial charge in [-0.2, -0.15) is 0 Å². The van der Waals surface area contributed by atoms with Crippen molar-refractivity contribution in [2.24, 2.45) is 0 Å². The predicted molar refractivity (Wildman–Crippen MR) is 79.0 cm³/mol. The smallest absolute Gasteiger partial charge is 0.232 e. The average molecular weight is 305 g/mol. The molecule has 0 unspecified atom stereocenters. The average Bonchev–Trinajstić information content (AvgIpc) is 3.10. The lowest BCUT2D eigenvalue weighted by Gasteiger charge is -1.98. The molecule has 3 aromatic heterocycles. The van der Waals surface area contributed by atoms with Gasteiger partial charge in [0.15, 0.2) is 15.9 Å². The Balaban J connectivity index is 1.64. The molecule has 0 aromatic carbocycles. The maximum absolute atomic E-state index is 11.9. The van der Waals surface area contributed by atoms with Crippen molar-refractivity contribution in [2.45, 2.75) is 13.3 Å². The minimum Gasteiger partial charge on any atom is -0.462 e. The number of nitrogens with zero attached hydrogens (tertiary/aromatic N) is 2. The standard InChI is InChI=1S/C13H11N3O2S2/c1-8-6-14-13(20-8)16-11(17)5-9-7-19-12(15-9)10-3-2-4-18-10/h2-4,6-7H,5H2,1H3,(H,14,16,17). The first-order valence-electron chi connectivity index (χ1n) is 5.91. The van der Waals surface area contributed by atoms with Crippen LogP contribution in [-0.4, -0.2) is 15.9 Å². The van der Waals surface area contributed by atoms with Crippen LogP contribution in [0.1, 0.15) is 10.6 Å². The normalized spacial score (nSPS) is 10.7. The Hall–Kier alpha value is -1.99. The first-order valence-corrected chi connectivity index (χ1v) is 7.61. The second kappa shape index (κ2) is 5.56. The van der Waals surface area contributed by atoms with Crippen LogP contribution in [0.5, 0.6) is 0 Å². The Morgan fingerprint density at radius 1 is 1.50 bits per heavy atom. The quantitative estimate of drug-likeness (QED) is 0.802. The molecule has 0 aliphatic heterocycles. The van der Waals surface area contributed by atoms with E-state index >= 15 is 0 Å². The molecule has 3 heterocycles. The van der Waals surface area contributed by atoms with Crippen LogP contribution >= 0.6 is 22.7 Å². The van der Waals surface area contributed by atoms with E-state index in [1.165, 1.54) is 22.7 Å². The molecule has 7 heteroatoms. The number of hydrogen-bond acceptors (Lipinski definition) is 6. The summed E-state index contributed by atoms with van der Waals surface area (Å²) in [6, 6.07) is 3.66. The maximum Gasteiger partial charge on any atom is 0.232 e. The van der Waals surface area contributed by atoms with Crippen LogP contribution in [0.15, 0.2) is 34.4 Å². The fourth-order valence-electron chi connectivity index (χ4n) is 1.64. The molecule has 0 radical (unpaired) electrons. The summed E-state index contributed by atoms with van der Waals surface area (Å²) in [6.07, 6.45) is 3.57. The van der Waals surface area contributed by atoms with E-state index in [1.807, 2.05) is 24.4 Å². The number of carbonyl (C=O) groups excluding carboxylic acids is 1. The van der Waals surface area contributed by atoms with E-state index in [4.69, 9.17) is 4.42 Å². The maximum atomic E-state index is 11.9. The molecule has 1 amide bonds. The predicted octanol–water partition coefficient (Wildman–Crippen LogP) is 3.35. The first kappa shape index (κ1) is 13.0. The van der Waals surface area contributed by atoms with Gasteiger partial charge in [0.25, 0.3) is 0 Å². The van der Waals surface area contributed by atoms with Gasteiger partial charge >= 0.3 is 0 Å². The third-order valence-electron chi connectivity index (χ3n) is 2.49. The van der Waals surface area contributed by atoms with Gasteiger partial charge < -0.3 is 9.73 Å². The number of carbonyl (C=O) groups is 1. The van der Waals surface area contributed by atoms with Crippen LogP contribution in [0.25, 0.3) is 10.8 Å². The van der Waals surface area contributed by atoms with Crippen molar-refractivity contribution in [3.63, 3.8) is 0 Å². The highest BCUT2D eigenvalue weighted by Gasteiger charge is 2.11. The zero-order valence-corrected chi connectivity index (χ0v) is 12.3. The molecule has 0 saturated heterocycles. The Morgan fingerprint density at radius 3 is 3.10 bits per heavy atom. The summed E-state index contributed by atoms with van der Waals surface area (Å²) in [7, 11) is 0. The third kappa shape index (κ3) is 2.94. The molecule has 0 spiro atoms. The van der Waals surface area contributed by atoms with Crippen LogP contribution in [0.2, 0.25) is 0 Å². The van der Waals surface area contributed by atoms with Crippen molar-refractivity contribution in [2.75, 3.05) is 5.32 Å². The van der Waals surface area contributed by atoms with Crippen LogP contribution in [0.4, 0.5) is 5.13 Å². The van der Waals surface area contributed by atoms with Gasteiger partial charge in [0, 0.05) is 16.5 Å². The Labute approximate surface area is 123 Å². The Morgan fingerprint density at radius 2 is 2.40 bits per heavy atom. The number of anilines is 1. The van der Waals surface area contributed by atoms with E-state index in [0.29, 0.717) is 5.13 Å². The second-order valence-corrected chi connectivity index (χ2v) is 6.22. The molecular formula is C13H11N3O2S2. The minimum atomic E-state index is -0.115. The van der Waals surface area contributed by atoms with Gasteiger partial charge in [-0.15, -0.1) is 22.7 Å². The molecule has 102 valence electrons. The molecule has 0 fully saturated rings. The van der Waals surface area contributed by atoms with Gasteiger partial charge in [-0.25, -0.2) is 9.97 Å². The van der Waals surface area contributed by atoms with Crippen LogP contribution in [0, 0.1) is 6.92 Å². The molecule has 0 bridgehead atoms. The van der Waals surface area contributed by atoms with Crippen molar-refractivity contribution in [3.8, 4) is 10.8 Å². The second-order valence-electron chi connectivity index (χ2n) is 4.12. The number of amides is 1. The summed E-state index contributed by atoms with van der Waals surface area (Å²) < 4.78 is 5.28. The summed E-state index contributed by atoms with van der Waals surface area (Å²) in [4.78, 5) is 21.4. The number of furan rings is 1. The summed E-state index contributed by atoms with van der Waals surface area (Å²) in [6.45, 7) is 1.95. The van der Waals surface area contributed by atoms with E-state index in [-0.39, 0.29) is 12.3 Å². The number of aryl methyl sites for hydroxylation is 1. The third-order valence-corrected chi connectivity index (χ3v) is 4.23. The lowest BCUT2D eigenvalue weighted by atomic mass is 10.3. The summed E-state index contributed by atoms with van der Waals surface area (Å²) in [5, 5.41) is 6.03. The summed E-state index contributed by atoms with van der Waals surface area (Å²) >= 11 is 2.92. The molecule has 20 heavy (non-hydrogen) atoms. The zero-order valence-electron chi connectivity index (χ0n) is 10.6. The lowest BCUT2D eigenvalue weighted by Crippen LogP contribution is -2.14. The lowest BCUT2D eigenvalue weighted by molar-refractivity contribution is -0.115. The van der Waals surface area contributed by atoms with Crippen molar-refractivity contribution in [1.82, 2.24) is 9.97 Å². The highest BCUT2D eigenvalue weighted by atomic mass is 32.1. The molecule has 0 aliphatic carbocycles. The SMILES string of the molecule is Cc1cnc(NC(=O)Cc2csc(-c3ccco3)n2)s1. The monoisotopic (exact) mass is 305 g/mol. The summed E-state index contributed by atoms with van der Waals surface area (Å²) in [5.41, 5.74) is 0.729. The van der Waals surface area contributed by atoms with Crippen LogP contribution in [-0.2, 0) is 11.2 Å². The van der Waals surface area contributed by atoms with Crippen molar-refractivity contribution >= 4 is 33.7 Å². The number of hydrogen-bond donors (Lipinski definition) is 1. The van der Waals surface area contributed by atoms with Gasteiger partial charge in [-0.05, 0) is 19.1 Å². The first-order chi connectivity index (χ1) is 9.70. The molecule has 0 atom stereocenters. The number of aromatic nitrogens is 2. The van der Waals surface area contributed by atoms with Crippen LogP contribution < -0.4 is 5.32 Å². The fourth-order valence-corrected chi connectivity index (χ4v) is 3.11. The van der Waals surface area contributed by atoms with E-state index in [9.17, 15) is 4.79 Å². The molecule has 5 nitrogen and oxygen atoms in total. The molecule has 0 saturated carbocycles. The van der Waals surface area contributed by atoms with E-state index in [2.05, 4.69) is 15.3 Å². The van der Waals surface area contributed by atoms with Crippen molar-refractivity contribution < 1.29 is 9.21 Å². The van der Waals surface area contributed by atoms with E-state index in [1.54, 1.807) is 12.5 Å². The highest BCUT2D eigenvalue weighted by Crippen LogP contribution is 2.24. The van der Waals surface area contributed by atoms with Gasteiger partial charge in [0.2, 0.25) is 5.91 Å². The van der Waals surface area contributed by atoms with Gasteiger partial charge in [0.1, 0.15) is 0 Å². The van der Waals surface area contributed by atoms with Crippen molar-refractivity contribution in [3.05, 3.63) is 40.5 Å². The fraction of sp³-hybridized carbons (Fsp3) is 0.154.